The fourth-order valence-electron chi connectivity index (χ4n) is 2.91. The molecule has 0 aliphatic heterocycles. The highest BCUT2D eigenvalue weighted by Crippen LogP contribution is 2.21. The molecule has 0 spiro atoms. The highest BCUT2D eigenvalue weighted by Gasteiger charge is 2.06. The van der Waals surface area contributed by atoms with Crippen molar-refractivity contribution in [2.24, 2.45) is 0 Å². The average Bonchev–Trinajstić information content (AvgIpc) is 3.23. The summed E-state index contributed by atoms with van der Waals surface area (Å²) in [4.78, 5) is 15.9. The second kappa shape index (κ2) is 10.1. The number of ether oxygens (including phenoxy) is 2. The lowest BCUT2D eigenvalue weighted by atomic mass is 10.2. The maximum Gasteiger partial charge on any atom is 0.269 e. The smallest absolute Gasteiger partial charge is 0.269 e. The number of para-hydroxylation sites is 2. The molecule has 8 heteroatoms. The molecular weight excluding hydrogens is 394 g/mol. The molecule has 0 radical (unpaired) electrons. The van der Waals surface area contributed by atoms with Crippen LogP contribution in [0.15, 0.2) is 78.0 Å². The van der Waals surface area contributed by atoms with E-state index in [1.807, 2.05) is 72.3 Å². The minimum absolute atomic E-state index is 0.243. The van der Waals surface area contributed by atoms with Crippen molar-refractivity contribution in [1.82, 2.24) is 19.3 Å². The Morgan fingerprint density at radius 3 is 2.35 bits per heavy atom. The number of hydrogen-bond acceptors (Lipinski definition) is 6. The van der Waals surface area contributed by atoms with Gasteiger partial charge in [0.25, 0.3) is 11.4 Å². The standard InChI is InChI=1S/C12H13N3O2.C11H12N2O/c1-17-12-10(13)7-11(16)15(14-12)8-9-5-3-2-4-6-9;1-9-7-13(8-12-9)10-5-3-4-6-11(10)14-2/h2-7H,8,13H2,1H3;3-8H,1-2H3. The van der Waals surface area contributed by atoms with E-state index in [-0.39, 0.29) is 17.1 Å². The zero-order chi connectivity index (χ0) is 22.2. The topological polar surface area (TPSA) is 97.2 Å². The number of aryl methyl sites for hydroxylation is 1. The second-order valence-electron chi connectivity index (χ2n) is 6.68. The number of hydrogen-bond donors (Lipinski definition) is 1. The number of benzene rings is 2. The van der Waals surface area contributed by atoms with Crippen molar-refractivity contribution in [3.63, 3.8) is 0 Å². The van der Waals surface area contributed by atoms with Gasteiger partial charge in [0.05, 0.1) is 38.5 Å². The molecule has 2 N–H and O–H groups in total. The third-order valence-corrected chi connectivity index (χ3v) is 4.44. The molecule has 0 atom stereocenters. The van der Waals surface area contributed by atoms with Crippen LogP contribution in [-0.4, -0.2) is 33.6 Å². The summed E-state index contributed by atoms with van der Waals surface area (Å²) in [7, 11) is 3.14. The summed E-state index contributed by atoms with van der Waals surface area (Å²) in [5.41, 5.74) is 8.60. The first kappa shape index (κ1) is 21.6. The van der Waals surface area contributed by atoms with Crippen LogP contribution in [0.1, 0.15) is 11.3 Å². The van der Waals surface area contributed by atoms with Crippen molar-refractivity contribution in [3.8, 4) is 17.3 Å². The second-order valence-corrected chi connectivity index (χ2v) is 6.68. The van der Waals surface area contributed by atoms with E-state index in [1.54, 1.807) is 13.4 Å². The molecule has 0 aliphatic carbocycles. The van der Waals surface area contributed by atoms with E-state index < -0.39 is 0 Å². The Bertz CT molecular complexity index is 1190. The molecule has 31 heavy (non-hydrogen) atoms. The summed E-state index contributed by atoms with van der Waals surface area (Å²) in [6.07, 6.45) is 3.76. The van der Waals surface area contributed by atoms with Gasteiger partial charge in [-0.1, -0.05) is 42.5 Å². The van der Waals surface area contributed by atoms with Gasteiger partial charge in [0.15, 0.2) is 0 Å². The molecule has 0 saturated heterocycles. The van der Waals surface area contributed by atoms with Crippen LogP contribution in [0.25, 0.3) is 5.69 Å². The van der Waals surface area contributed by atoms with Gasteiger partial charge in [-0.15, -0.1) is 5.10 Å². The zero-order valence-electron chi connectivity index (χ0n) is 17.7. The summed E-state index contributed by atoms with van der Waals surface area (Å²) in [5, 5.41) is 4.04. The van der Waals surface area contributed by atoms with Crippen molar-refractivity contribution in [3.05, 3.63) is 94.8 Å². The lowest BCUT2D eigenvalue weighted by Gasteiger charge is -2.08. The average molecular weight is 419 g/mol. The fourth-order valence-corrected chi connectivity index (χ4v) is 2.91. The summed E-state index contributed by atoms with van der Waals surface area (Å²) in [5.74, 6) is 1.12. The number of nitrogens with two attached hydrogens (primary N) is 1. The van der Waals surface area contributed by atoms with Gasteiger partial charge in [-0.2, -0.15) is 0 Å². The van der Waals surface area contributed by atoms with Crippen molar-refractivity contribution in [1.29, 1.82) is 0 Å². The van der Waals surface area contributed by atoms with Gasteiger partial charge in [0.1, 0.15) is 11.4 Å². The van der Waals surface area contributed by atoms with Gasteiger partial charge >= 0.3 is 0 Å². The van der Waals surface area contributed by atoms with Crippen LogP contribution in [0.2, 0.25) is 0 Å². The highest BCUT2D eigenvalue weighted by atomic mass is 16.5. The number of aromatic nitrogens is 4. The first-order chi connectivity index (χ1) is 15.0. The Hall–Kier alpha value is -4.07. The van der Waals surface area contributed by atoms with Gasteiger partial charge in [0, 0.05) is 12.3 Å². The number of nitrogen functional groups attached to an aromatic ring is 1. The normalized spacial score (nSPS) is 10.2. The van der Waals surface area contributed by atoms with Gasteiger partial charge in [-0.05, 0) is 24.6 Å². The Morgan fingerprint density at radius 2 is 1.71 bits per heavy atom. The molecule has 160 valence electrons. The minimum Gasteiger partial charge on any atom is -0.495 e. The molecule has 0 unspecified atom stereocenters. The van der Waals surface area contributed by atoms with Crippen molar-refractivity contribution in [2.75, 3.05) is 20.0 Å². The maximum atomic E-state index is 11.7. The van der Waals surface area contributed by atoms with E-state index in [4.69, 9.17) is 15.2 Å². The molecule has 0 bridgehead atoms. The summed E-state index contributed by atoms with van der Waals surface area (Å²) in [6, 6.07) is 18.8. The zero-order valence-corrected chi connectivity index (χ0v) is 17.7. The van der Waals surface area contributed by atoms with E-state index in [9.17, 15) is 4.79 Å². The number of nitrogens with zero attached hydrogens (tertiary/aromatic N) is 4. The van der Waals surface area contributed by atoms with Gasteiger partial charge in [-0.25, -0.2) is 9.67 Å². The molecular formula is C23H25N5O3. The van der Waals surface area contributed by atoms with Gasteiger partial charge in [-0.3, -0.25) is 4.79 Å². The number of imidazole rings is 1. The lowest BCUT2D eigenvalue weighted by Crippen LogP contribution is -2.24. The largest absolute Gasteiger partial charge is 0.495 e. The van der Waals surface area contributed by atoms with Crippen LogP contribution in [0.5, 0.6) is 11.6 Å². The molecule has 4 aromatic rings. The van der Waals surface area contributed by atoms with E-state index in [2.05, 4.69) is 10.1 Å². The van der Waals surface area contributed by atoms with Crippen molar-refractivity contribution < 1.29 is 9.47 Å². The predicted octanol–water partition coefficient (Wildman–Crippen LogP) is 3.07. The van der Waals surface area contributed by atoms with Crippen molar-refractivity contribution >= 4 is 5.69 Å². The minimum atomic E-state index is -0.243. The maximum absolute atomic E-state index is 11.7. The third-order valence-electron chi connectivity index (χ3n) is 4.44. The molecule has 2 aromatic heterocycles. The molecule has 0 amide bonds. The van der Waals surface area contributed by atoms with Crippen LogP contribution in [0.4, 0.5) is 5.69 Å². The van der Waals surface area contributed by atoms with E-state index in [0.29, 0.717) is 6.54 Å². The van der Waals surface area contributed by atoms with E-state index in [1.165, 1.54) is 17.9 Å². The molecule has 0 fully saturated rings. The SMILES string of the molecule is COc1ccccc1-n1cnc(C)c1.COc1nn(Cc2ccccc2)c(=O)cc1N. The monoisotopic (exact) mass is 419 g/mol. The molecule has 0 saturated carbocycles. The molecule has 2 aromatic carbocycles. The van der Waals surface area contributed by atoms with Gasteiger partial charge < -0.3 is 19.8 Å². The number of anilines is 1. The van der Waals surface area contributed by atoms with Crippen molar-refractivity contribution in [2.45, 2.75) is 13.5 Å². The lowest BCUT2D eigenvalue weighted by molar-refractivity contribution is 0.381. The number of methoxy groups -OCH3 is 2. The first-order valence-corrected chi connectivity index (χ1v) is 9.61. The molecule has 4 rings (SSSR count). The molecule has 0 aliphatic rings. The molecule has 2 heterocycles. The first-order valence-electron chi connectivity index (χ1n) is 9.61. The van der Waals surface area contributed by atoms with Crippen LogP contribution in [-0.2, 0) is 6.54 Å². The van der Waals surface area contributed by atoms with Crippen LogP contribution in [0.3, 0.4) is 0 Å². The van der Waals surface area contributed by atoms with E-state index >= 15 is 0 Å². The summed E-state index contributed by atoms with van der Waals surface area (Å²) in [6.45, 7) is 2.36. The fraction of sp³-hybridized carbons (Fsp3) is 0.174. The Labute approximate surface area is 180 Å². The Balaban J connectivity index is 0.000000179. The summed E-state index contributed by atoms with van der Waals surface area (Å²) < 4.78 is 13.5. The predicted molar refractivity (Wildman–Crippen MR) is 120 cm³/mol. The van der Waals surface area contributed by atoms with Crippen LogP contribution in [0, 0.1) is 6.92 Å². The van der Waals surface area contributed by atoms with Crippen LogP contribution >= 0.6 is 0 Å². The third kappa shape index (κ3) is 5.51. The van der Waals surface area contributed by atoms with E-state index in [0.717, 1.165) is 22.7 Å². The molecule has 8 nitrogen and oxygen atoms in total. The quantitative estimate of drug-likeness (QED) is 0.534. The Kier molecular flexibility index (Phi) is 7.05. The highest BCUT2D eigenvalue weighted by molar-refractivity contribution is 5.47. The van der Waals surface area contributed by atoms with Crippen LogP contribution < -0.4 is 20.8 Å². The summed E-state index contributed by atoms with van der Waals surface area (Å²) >= 11 is 0. The Morgan fingerprint density at radius 1 is 1.00 bits per heavy atom. The number of rotatable bonds is 5. The van der Waals surface area contributed by atoms with Gasteiger partial charge in [0.2, 0.25) is 0 Å².